The molecule has 0 unspecified atom stereocenters. The van der Waals surface area contributed by atoms with Gasteiger partial charge in [-0.2, -0.15) is 0 Å². The normalized spacial score (nSPS) is 11.6. The Morgan fingerprint density at radius 2 is 1.95 bits per heavy atom. The van der Waals surface area contributed by atoms with Crippen molar-refractivity contribution in [3.63, 3.8) is 0 Å². The molecule has 0 saturated heterocycles. The highest BCUT2D eigenvalue weighted by Gasteiger charge is 2.02. The van der Waals surface area contributed by atoms with Gasteiger partial charge in [0, 0.05) is 38.6 Å². The minimum atomic E-state index is 0.399. The summed E-state index contributed by atoms with van der Waals surface area (Å²) in [4.78, 5) is 4.27. The maximum atomic E-state index is 5.87. The number of aliphatic imine (C=N–C) groups is 1. The molecule has 6 nitrogen and oxygen atoms in total. The van der Waals surface area contributed by atoms with Crippen molar-refractivity contribution in [2.75, 3.05) is 45.9 Å². The van der Waals surface area contributed by atoms with Crippen LogP contribution in [0.2, 0.25) is 0 Å². The Balaban J connectivity index is 2.32. The molecule has 0 radical (unpaired) electrons. The van der Waals surface area contributed by atoms with Gasteiger partial charge in [0.15, 0.2) is 5.96 Å². The summed E-state index contributed by atoms with van der Waals surface area (Å²) >= 11 is 0. The van der Waals surface area contributed by atoms with Gasteiger partial charge in [0.25, 0.3) is 0 Å². The number of hydrogen-bond donors (Lipinski definition) is 2. The Morgan fingerprint density at radius 3 is 2.71 bits per heavy atom. The molecule has 0 amide bonds. The molecular formula is C15H25N3O3. The van der Waals surface area contributed by atoms with Crippen LogP contribution in [-0.4, -0.2) is 46.5 Å². The van der Waals surface area contributed by atoms with Crippen LogP contribution in [0.1, 0.15) is 12.0 Å². The molecule has 3 N–H and O–H groups in total. The zero-order valence-corrected chi connectivity index (χ0v) is 12.8. The zero-order valence-electron chi connectivity index (χ0n) is 12.8. The van der Waals surface area contributed by atoms with Gasteiger partial charge in [-0.25, -0.2) is 0 Å². The number of benzene rings is 1. The summed E-state index contributed by atoms with van der Waals surface area (Å²) in [6.45, 7) is 3.03. The van der Waals surface area contributed by atoms with Crippen molar-refractivity contribution in [2.24, 2.45) is 10.7 Å². The van der Waals surface area contributed by atoms with E-state index in [1.165, 1.54) is 0 Å². The number of guanidine groups is 1. The predicted molar refractivity (Wildman–Crippen MR) is 84.6 cm³/mol. The summed E-state index contributed by atoms with van der Waals surface area (Å²) < 4.78 is 15.4. The molecule has 1 aromatic carbocycles. The molecule has 0 aromatic heterocycles. The third kappa shape index (κ3) is 7.65. The molecule has 0 fully saturated rings. The fourth-order valence-electron chi connectivity index (χ4n) is 1.71. The number of anilines is 1. The van der Waals surface area contributed by atoms with Gasteiger partial charge in [0.1, 0.15) is 0 Å². The molecule has 1 aromatic rings. The smallest absolute Gasteiger partial charge is 0.193 e. The number of methoxy groups -OCH3 is 2. The first-order valence-electron chi connectivity index (χ1n) is 6.98. The number of nitrogens with one attached hydrogen (secondary N) is 1. The van der Waals surface area contributed by atoms with Crippen molar-refractivity contribution >= 4 is 11.6 Å². The lowest BCUT2D eigenvalue weighted by Gasteiger charge is -2.10. The second-order valence-electron chi connectivity index (χ2n) is 4.44. The molecule has 0 aliphatic rings. The topological polar surface area (TPSA) is 78.1 Å². The third-order valence-electron chi connectivity index (χ3n) is 2.74. The summed E-state index contributed by atoms with van der Waals surface area (Å²) in [7, 11) is 3.32. The highest BCUT2D eigenvalue weighted by Crippen LogP contribution is 2.15. The van der Waals surface area contributed by atoms with Crippen molar-refractivity contribution in [1.29, 1.82) is 0 Å². The van der Waals surface area contributed by atoms with E-state index in [9.17, 15) is 0 Å². The lowest BCUT2D eigenvalue weighted by atomic mass is 10.2. The van der Waals surface area contributed by atoms with Crippen LogP contribution in [0.25, 0.3) is 0 Å². The molecule has 0 saturated carbocycles. The van der Waals surface area contributed by atoms with Crippen LogP contribution in [-0.2, 0) is 20.8 Å². The largest absolute Gasteiger partial charge is 0.382 e. The van der Waals surface area contributed by atoms with Gasteiger partial charge in [0.05, 0.1) is 19.8 Å². The first-order chi connectivity index (χ1) is 10.3. The van der Waals surface area contributed by atoms with Gasteiger partial charge in [-0.15, -0.1) is 0 Å². The van der Waals surface area contributed by atoms with Gasteiger partial charge in [0.2, 0.25) is 0 Å². The van der Waals surface area contributed by atoms with Crippen LogP contribution >= 0.6 is 0 Å². The average molecular weight is 295 g/mol. The summed E-state index contributed by atoms with van der Waals surface area (Å²) in [6, 6.07) is 7.84. The third-order valence-corrected chi connectivity index (χ3v) is 2.74. The molecule has 1 rings (SSSR count). The number of nitrogens with zero attached hydrogens (tertiary/aromatic N) is 1. The first kappa shape index (κ1) is 17.4. The summed E-state index contributed by atoms with van der Waals surface area (Å²) in [6.07, 6.45) is 0.825. The Labute approximate surface area is 126 Å². The molecule has 0 bridgehead atoms. The quantitative estimate of drug-likeness (QED) is 0.389. The Kier molecular flexibility index (Phi) is 9.19. The summed E-state index contributed by atoms with van der Waals surface area (Å²) in [5, 5.41) is 3.09. The van der Waals surface area contributed by atoms with Gasteiger partial charge < -0.3 is 25.3 Å². The Morgan fingerprint density at radius 1 is 1.14 bits per heavy atom. The van der Waals surface area contributed by atoms with E-state index in [-0.39, 0.29) is 0 Å². The van der Waals surface area contributed by atoms with E-state index >= 15 is 0 Å². The maximum Gasteiger partial charge on any atom is 0.193 e. The highest BCUT2D eigenvalue weighted by molar-refractivity contribution is 5.92. The second kappa shape index (κ2) is 11.1. The van der Waals surface area contributed by atoms with Crippen LogP contribution in [0.15, 0.2) is 29.3 Å². The predicted octanol–water partition coefficient (Wildman–Crippen LogP) is 1.61. The number of ether oxygens (including phenoxy) is 3. The van der Waals surface area contributed by atoms with E-state index in [1.54, 1.807) is 14.2 Å². The molecule has 0 heterocycles. The lowest BCUT2D eigenvalue weighted by Crippen LogP contribution is -2.23. The standard InChI is InChI=1S/C15H25N3O3/c1-19-10-11-21-9-5-8-17-15(16)18-14-7-4-3-6-13(14)12-20-2/h3-4,6-7H,5,8-12H2,1-2H3,(H3,16,17,18). The monoisotopic (exact) mass is 295 g/mol. The zero-order chi connectivity index (χ0) is 15.3. The van der Waals surface area contributed by atoms with Gasteiger partial charge >= 0.3 is 0 Å². The van der Waals surface area contributed by atoms with Crippen molar-refractivity contribution in [3.8, 4) is 0 Å². The summed E-state index contributed by atoms with van der Waals surface area (Å²) in [5.41, 5.74) is 7.83. The minimum absolute atomic E-state index is 0.399. The van der Waals surface area contributed by atoms with Crippen molar-refractivity contribution in [1.82, 2.24) is 0 Å². The molecule has 6 heteroatoms. The lowest BCUT2D eigenvalue weighted by molar-refractivity contribution is 0.0702. The van der Waals surface area contributed by atoms with E-state index in [4.69, 9.17) is 19.9 Å². The average Bonchev–Trinajstić information content (AvgIpc) is 2.48. The van der Waals surface area contributed by atoms with Crippen LogP contribution in [0, 0.1) is 0 Å². The minimum Gasteiger partial charge on any atom is -0.382 e. The number of rotatable bonds is 10. The molecule has 0 aliphatic heterocycles. The van der Waals surface area contributed by atoms with E-state index in [0.29, 0.717) is 38.9 Å². The maximum absolute atomic E-state index is 5.87. The number of hydrogen-bond acceptors (Lipinski definition) is 4. The summed E-state index contributed by atoms with van der Waals surface area (Å²) in [5.74, 6) is 0.399. The van der Waals surface area contributed by atoms with Crippen molar-refractivity contribution < 1.29 is 14.2 Å². The van der Waals surface area contributed by atoms with Crippen LogP contribution in [0.4, 0.5) is 5.69 Å². The van der Waals surface area contributed by atoms with Crippen LogP contribution in [0.5, 0.6) is 0 Å². The van der Waals surface area contributed by atoms with Gasteiger partial charge in [-0.05, 0) is 12.5 Å². The molecular weight excluding hydrogens is 270 g/mol. The van der Waals surface area contributed by atoms with Gasteiger partial charge in [-0.1, -0.05) is 18.2 Å². The van der Waals surface area contributed by atoms with Crippen molar-refractivity contribution in [3.05, 3.63) is 29.8 Å². The number of nitrogens with two attached hydrogens (primary N) is 1. The van der Waals surface area contributed by atoms with Gasteiger partial charge in [-0.3, -0.25) is 4.99 Å². The molecule has 0 aliphatic carbocycles. The Hall–Kier alpha value is -1.63. The second-order valence-corrected chi connectivity index (χ2v) is 4.44. The van der Waals surface area contributed by atoms with E-state index in [1.807, 2.05) is 24.3 Å². The Bertz CT molecular complexity index is 424. The molecule has 0 atom stereocenters. The number of para-hydroxylation sites is 1. The van der Waals surface area contributed by atoms with E-state index in [2.05, 4.69) is 10.3 Å². The fourth-order valence-corrected chi connectivity index (χ4v) is 1.71. The van der Waals surface area contributed by atoms with Crippen LogP contribution in [0.3, 0.4) is 0 Å². The fraction of sp³-hybridized carbons (Fsp3) is 0.533. The molecule has 118 valence electrons. The molecule has 0 spiro atoms. The van der Waals surface area contributed by atoms with Crippen LogP contribution < -0.4 is 11.1 Å². The highest BCUT2D eigenvalue weighted by atomic mass is 16.5. The molecule has 21 heavy (non-hydrogen) atoms. The first-order valence-corrected chi connectivity index (χ1v) is 6.98. The SMILES string of the molecule is COCCOCCCN=C(N)Nc1ccccc1COC. The van der Waals surface area contributed by atoms with E-state index < -0.39 is 0 Å². The van der Waals surface area contributed by atoms with E-state index in [0.717, 1.165) is 17.7 Å². The van der Waals surface area contributed by atoms with Crippen molar-refractivity contribution in [2.45, 2.75) is 13.0 Å².